The normalized spacial score (nSPS) is 10.5. The maximum Gasteiger partial charge on any atom is 0.128 e. The van der Waals surface area contributed by atoms with Crippen molar-refractivity contribution >= 4 is 11.6 Å². The van der Waals surface area contributed by atoms with Crippen molar-refractivity contribution in [2.45, 2.75) is 33.2 Å². The van der Waals surface area contributed by atoms with Crippen molar-refractivity contribution in [1.29, 1.82) is 0 Å². The molecule has 1 rings (SSSR count). The van der Waals surface area contributed by atoms with Crippen LogP contribution in [0.2, 0.25) is 5.15 Å². The Hall–Kier alpha value is -0.500. The molecule has 0 radical (unpaired) electrons. The highest BCUT2D eigenvalue weighted by molar-refractivity contribution is 6.29. The molecule has 1 aromatic rings. The lowest BCUT2D eigenvalue weighted by Crippen LogP contribution is -2.02. The molecule has 0 unspecified atom stereocenters. The van der Waals surface area contributed by atoms with Crippen LogP contribution in [0.1, 0.15) is 26.1 Å². The Labute approximate surface area is 72.2 Å². The third-order valence-corrected chi connectivity index (χ3v) is 1.95. The zero-order valence-electron chi connectivity index (χ0n) is 6.97. The molecular weight excluding hydrogens is 160 g/mol. The minimum absolute atomic E-state index is 0.753. The smallest absolute Gasteiger partial charge is 0.128 e. The average molecular weight is 173 g/mol. The largest absolute Gasteiger partial charge is 0.319 e. The lowest BCUT2D eigenvalue weighted by Gasteiger charge is -2.04. The molecule has 0 amide bonds. The Morgan fingerprint density at radius 3 is 2.82 bits per heavy atom. The van der Waals surface area contributed by atoms with Gasteiger partial charge in [0, 0.05) is 13.0 Å². The van der Waals surface area contributed by atoms with E-state index < -0.39 is 0 Å². The van der Waals surface area contributed by atoms with Crippen LogP contribution < -0.4 is 0 Å². The van der Waals surface area contributed by atoms with Crippen molar-refractivity contribution in [3.05, 3.63) is 17.2 Å². The minimum atomic E-state index is 0.753. The van der Waals surface area contributed by atoms with Crippen LogP contribution in [0.25, 0.3) is 0 Å². The van der Waals surface area contributed by atoms with Gasteiger partial charge in [-0.25, -0.2) is 4.98 Å². The Balaban J connectivity index is 2.88. The van der Waals surface area contributed by atoms with Gasteiger partial charge in [-0.15, -0.1) is 0 Å². The summed E-state index contributed by atoms with van der Waals surface area (Å²) in [6.07, 6.45) is 3.77. The van der Waals surface area contributed by atoms with E-state index in [2.05, 4.69) is 23.4 Å². The Bertz CT molecular complexity index is 230. The van der Waals surface area contributed by atoms with E-state index >= 15 is 0 Å². The average Bonchev–Trinajstić information content (AvgIpc) is 2.34. The second-order valence-electron chi connectivity index (χ2n) is 2.50. The molecule has 3 heteroatoms. The minimum Gasteiger partial charge on any atom is -0.319 e. The Kier molecular flexibility index (Phi) is 2.94. The van der Waals surface area contributed by atoms with Crippen LogP contribution in [0.4, 0.5) is 0 Å². The quantitative estimate of drug-likeness (QED) is 0.685. The van der Waals surface area contributed by atoms with Gasteiger partial charge in [0.05, 0.1) is 6.20 Å². The molecule has 0 N–H and O–H groups in total. The lowest BCUT2D eigenvalue weighted by molar-refractivity contribution is 0.643. The maximum absolute atomic E-state index is 5.90. The first-order valence-corrected chi connectivity index (χ1v) is 4.37. The van der Waals surface area contributed by atoms with E-state index in [1.807, 2.05) is 0 Å². The molecule has 0 fully saturated rings. The summed E-state index contributed by atoms with van der Waals surface area (Å²) >= 11 is 5.90. The molecule has 0 aliphatic carbocycles. The zero-order chi connectivity index (χ0) is 8.27. The van der Waals surface area contributed by atoms with Gasteiger partial charge in [-0.2, -0.15) is 0 Å². The number of nitrogens with zero attached hydrogens (tertiary/aromatic N) is 2. The third kappa shape index (κ3) is 1.74. The first kappa shape index (κ1) is 8.60. The fraction of sp³-hybridized carbons (Fsp3) is 0.625. The van der Waals surface area contributed by atoms with Gasteiger partial charge < -0.3 is 4.57 Å². The fourth-order valence-corrected chi connectivity index (χ4v) is 1.36. The molecule has 0 saturated carbocycles. The maximum atomic E-state index is 5.90. The molecule has 1 heterocycles. The van der Waals surface area contributed by atoms with Crippen LogP contribution in [-0.2, 0) is 13.0 Å². The van der Waals surface area contributed by atoms with Crippen molar-refractivity contribution in [3.63, 3.8) is 0 Å². The molecule has 0 aromatic carbocycles. The number of halogens is 1. The van der Waals surface area contributed by atoms with E-state index in [0.29, 0.717) is 0 Å². The molecule has 0 bridgehead atoms. The summed E-state index contributed by atoms with van der Waals surface area (Å²) in [4.78, 5) is 4.18. The predicted molar refractivity (Wildman–Crippen MR) is 46.9 cm³/mol. The molecule has 0 aliphatic heterocycles. The molecule has 1 aromatic heterocycles. The number of aryl methyl sites for hydroxylation is 1. The van der Waals surface area contributed by atoms with Crippen LogP contribution in [0, 0.1) is 0 Å². The summed E-state index contributed by atoms with van der Waals surface area (Å²) in [6, 6.07) is 0. The van der Waals surface area contributed by atoms with Crippen LogP contribution in [0.15, 0.2) is 6.20 Å². The molecule has 62 valence electrons. The van der Waals surface area contributed by atoms with Crippen molar-refractivity contribution < 1.29 is 0 Å². The third-order valence-electron chi connectivity index (χ3n) is 1.65. The van der Waals surface area contributed by atoms with Gasteiger partial charge in [0.15, 0.2) is 0 Å². The van der Waals surface area contributed by atoms with E-state index in [9.17, 15) is 0 Å². The second kappa shape index (κ2) is 3.77. The summed E-state index contributed by atoms with van der Waals surface area (Å²) in [5.74, 6) is 1.08. The van der Waals surface area contributed by atoms with Crippen LogP contribution in [0.5, 0.6) is 0 Å². The SMILES string of the molecule is CCCn1c(Cl)cnc1CC. The highest BCUT2D eigenvalue weighted by Crippen LogP contribution is 2.12. The molecule has 0 aliphatic rings. The van der Waals surface area contributed by atoms with Gasteiger partial charge in [0.1, 0.15) is 11.0 Å². The van der Waals surface area contributed by atoms with Gasteiger partial charge in [-0.3, -0.25) is 0 Å². The van der Waals surface area contributed by atoms with Crippen molar-refractivity contribution in [1.82, 2.24) is 9.55 Å². The monoisotopic (exact) mass is 172 g/mol. The van der Waals surface area contributed by atoms with E-state index in [-0.39, 0.29) is 0 Å². The summed E-state index contributed by atoms with van der Waals surface area (Å²) < 4.78 is 2.06. The molecule has 2 nitrogen and oxygen atoms in total. The van der Waals surface area contributed by atoms with E-state index in [4.69, 9.17) is 11.6 Å². The van der Waals surface area contributed by atoms with E-state index in [1.165, 1.54) is 0 Å². The lowest BCUT2D eigenvalue weighted by atomic mass is 10.4. The van der Waals surface area contributed by atoms with Crippen LogP contribution in [-0.4, -0.2) is 9.55 Å². The number of hydrogen-bond acceptors (Lipinski definition) is 1. The molecule has 11 heavy (non-hydrogen) atoms. The number of rotatable bonds is 3. The Morgan fingerprint density at radius 1 is 1.55 bits per heavy atom. The van der Waals surface area contributed by atoms with Gasteiger partial charge in [0.2, 0.25) is 0 Å². The zero-order valence-corrected chi connectivity index (χ0v) is 7.73. The highest BCUT2D eigenvalue weighted by Gasteiger charge is 2.03. The van der Waals surface area contributed by atoms with Crippen molar-refractivity contribution in [2.24, 2.45) is 0 Å². The summed E-state index contributed by atoms with van der Waals surface area (Å²) in [6.45, 7) is 5.20. The second-order valence-corrected chi connectivity index (χ2v) is 2.89. The Morgan fingerprint density at radius 2 is 2.27 bits per heavy atom. The van der Waals surface area contributed by atoms with Crippen molar-refractivity contribution in [3.8, 4) is 0 Å². The van der Waals surface area contributed by atoms with Crippen LogP contribution in [0.3, 0.4) is 0 Å². The van der Waals surface area contributed by atoms with E-state index in [0.717, 1.165) is 30.4 Å². The number of aromatic nitrogens is 2. The standard InChI is InChI=1S/C8H13ClN2/c1-3-5-11-7(9)6-10-8(11)4-2/h6H,3-5H2,1-2H3. The summed E-state index contributed by atoms with van der Waals surface area (Å²) in [5, 5.41) is 0.753. The van der Waals surface area contributed by atoms with Gasteiger partial charge >= 0.3 is 0 Å². The summed E-state index contributed by atoms with van der Waals surface area (Å²) in [5.41, 5.74) is 0. The first-order chi connectivity index (χ1) is 5.29. The molecule has 0 saturated heterocycles. The van der Waals surface area contributed by atoms with Gasteiger partial charge in [-0.05, 0) is 6.42 Å². The topological polar surface area (TPSA) is 17.8 Å². The van der Waals surface area contributed by atoms with Gasteiger partial charge in [0.25, 0.3) is 0 Å². The molecular formula is C8H13ClN2. The highest BCUT2D eigenvalue weighted by atomic mass is 35.5. The summed E-state index contributed by atoms with van der Waals surface area (Å²) in [7, 11) is 0. The van der Waals surface area contributed by atoms with Crippen molar-refractivity contribution in [2.75, 3.05) is 0 Å². The predicted octanol–water partition coefficient (Wildman–Crippen LogP) is 2.51. The number of hydrogen-bond donors (Lipinski definition) is 0. The first-order valence-electron chi connectivity index (χ1n) is 3.99. The van der Waals surface area contributed by atoms with E-state index in [1.54, 1.807) is 6.20 Å². The fourth-order valence-electron chi connectivity index (χ4n) is 1.13. The van der Waals surface area contributed by atoms with Gasteiger partial charge in [-0.1, -0.05) is 25.4 Å². The molecule has 0 atom stereocenters. The molecule has 0 spiro atoms. The number of imidazole rings is 1. The van der Waals surface area contributed by atoms with Crippen LogP contribution >= 0.6 is 11.6 Å².